The highest BCUT2D eigenvalue weighted by Crippen LogP contribution is 2.10. The molecule has 0 amide bonds. The van der Waals surface area contributed by atoms with Crippen LogP contribution in [0.2, 0.25) is 0 Å². The normalized spacial score (nSPS) is 10.4. The van der Waals surface area contributed by atoms with E-state index in [2.05, 4.69) is 30.6 Å². The third-order valence-electron chi connectivity index (χ3n) is 1.67. The van der Waals surface area contributed by atoms with Crippen molar-refractivity contribution in [1.82, 2.24) is 14.4 Å². The Hall–Kier alpha value is -1.43. The SMILES string of the molecule is COC(=O)c1cn2cc(Br)cnc2n1. The summed E-state index contributed by atoms with van der Waals surface area (Å²) in [5.74, 6) is 0.000206. The number of aromatic nitrogens is 3. The maximum atomic E-state index is 11.1. The first kappa shape index (κ1) is 9.14. The van der Waals surface area contributed by atoms with Crippen LogP contribution in [-0.2, 0) is 4.74 Å². The number of carbonyl (C=O) groups excluding carboxylic acids is 1. The molecule has 2 rings (SSSR count). The molecule has 14 heavy (non-hydrogen) atoms. The number of imidazole rings is 1. The quantitative estimate of drug-likeness (QED) is 0.721. The molecule has 0 aliphatic heterocycles. The topological polar surface area (TPSA) is 56.5 Å². The van der Waals surface area contributed by atoms with Crippen LogP contribution >= 0.6 is 15.9 Å². The van der Waals surface area contributed by atoms with Crippen LogP contribution in [0.25, 0.3) is 5.78 Å². The average molecular weight is 256 g/mol. The highest BCUT2D eigenvalue weighted by atomic mass is 79.9. The minimum Gasteiger partial charge on any atom is -0.464 e. The fourth-order valence-corrected chi connectivity index (χ4v) is 1.39. The smallest absolute Gasteiger partial charge is 0.358 e. The molecule has 0 unspecified atom stereocenters. The van der Waals surface area contributed by atoms with Crippen molar-refractivity contribution in [1.29, 1.82) is 0 Å². The number of rotatable bonds is 1. The number of esters is 1. The van der Waals surface area contributed by atoms with Gasteiger partial charge in [-0.3, -0.25) is 4.40 Å². The Kier molecular flexibility index (Phi) is 2.20. The number of methoxy groups -OCH3 is 1. The summed E-state index contributed by atoms with van der Waals surface area (Å²) in [7, 11) is 1.32. The Morgan fingerprint density at radius 2 is 2.36 bits per heavy atom. The molecular weight excluding hydrogens is 250 g/mol. The first-order valence-electron chi connectivity index (χ1n) is 3.79. The fraction of sp³-hybridized carbons (Fsp3) is 0.125. The number of ether oxygens (including phenoxy) is 1. The number of nitrogens with zero attached hydrogens (tertiary/aromatic N) is 3. The molecular formula is C8H6BrN3O2. The summed E-state index contributed by atoms with van der Waals surface area (Å²) >= 11 is 3.27. The van der Waals surface area contributed by atoms with Crippen LogP contribution in [-0.4, -0.2) is 27.4 Å². The van der Waals surface area contributed by atoms with Gasteiger partial charge in [0.15, 0.2) is 5.69 Å². The van der Waals surface area contributed by atoms with Crippen LogP contribution in [0.3, 0.4) is 0 Å². The van der Waals surface area contributed by atoms with Crippen molar-refractivity contribution in [3.05, 3.63) is 28.8 Å². The van der Waals surface area contributed by atoms with E-state index in [1.165, 1.54) is 7.11 Å². The molecule has 0 fully saturated rings. The molecule has 0 bridgehead atoms. The highest BCUT2D eigenvalue weighted by Gasteiger charge is 2.10. The molecule has 6 heteroatoms. The number of carbonyl (C=O) groups is 1. The van der Waals surface area contributed by atoms with E-state index in [1.54, 1.807) is 23.0 Å². The van der Waals surface area contributed by atoms with E-state index in [0.29, 0.717) is 5.78 Å². The molecule has 5 nitrogen and oxygen atoms in total. The monoisotopic (exact) mass is 255 g/mol. The Balaban J connectivity index is 2.56. The van der Waals surface area contributed by atoms with Crippen LogP contribution in [0.1, 0.15) is 10.5 Å². The van der Waals surface area contributed by atoms with Crippen molar-refractivity contribution in [2.75, 3.05) is 7.11 Å². The predicted octanol–water partition coefficient (Wildman–Crippen LogP) is 1.28. The Bertz CT molecular complexity index is 494. The lowest BCUT2D eigenvalue weighted by atomic mass is 10.5. The van der Waals surface area contributed by atoms with Crippen LogP contribution in [0.4, 0.5) is 0 Å². The highest BCUT2D eigenvalue weighted by molar-refractivity contribution is 9.10. The maximum absolute atomic E-state index is 11.1. The van der Waals surface area contributed by atoms with Gasteiger partial charge in [-0.25, -0.2) is 14.8 Å². The van der Waals surface area contributed by atoms with Gasteiger partial charge in [0, 0.05) is 18.6 Å². The number of halogens is 1. The molecule has 0 saturated carbocycles. The molecule has 0 atom stereocenters. The zero-order valence-corrected chi connectivity index (χ0v) is 8.85. The van der Waals surface area contributed by atoms with Gasteiger partial charge in [-0.2, -0.15) is 0 Å². The van der Waals surface area contributed by atoms with Crippen molar-refractivity contribution in [2.24, 2.45) is 0 Å². The third-order valence-corrected chi connectivity index (χ3v) is 2.08. The molecule has 0 spiro atoms. The van der Waals surface area contributed by atoms with Gasteiger partial charge >= 0.3 is 5.97 Å². The van der Waals surface area contributed by atoms with Gasteiger partial charge in [-0.05, 0) is 15.9 Å². The molecule has 2 aromatic rings. The predicted molar refractivity (Wildman–Crippen MR) is 52.0 cm³/mol. The second kappa shape index (κ2) is 3.38. The fourth-order valence-electron chi connectivity index (χ4n) is 1.06. The zero-order valence-electron chi connectivity index (χ0n) is 7.27. The first-order valence-corrected chi connectivity index (χ1v) is 4.58. The van der Waals surface area contributed by atoms with Crippen LogP contribution < -0.4 is 0 Å². The molecule has 0 N–H and O–H groups in total. The van der Waals surface area contributed by atoms with Crippen molar-refractivity contribution >= 4 is 27.7 Å². The van der Waals surface area contributed by atoms with Gasteiger partial charge < -0.3 is 4.74 Å². The molecule has 2 aromatic heterocycles. The second-order valence-electron chi connectivity index (χ2n) is 2.60. The van der Waals surface area contributed by atoms with E-state index < -0.39 is 5.97 Å². The van der Waals surface area contributed by atoms with E-state index in [-0.39, 0.29) is 5.69 Å². The van der Waals surface area contributed by atoms with Crippen LogP contribution in [0, 0.1) is 0 Å². The van der Waals surface area contributed by atoms with E-state index in [1.807, 2.05) is 0 Å². The van der Waals surface area contributed by atoms with Crippen LogP contribution in [0.15, 0.2) is 23.1 Å². The van der Waals surface area contributed by atoms with Crippen molar-refractivity contribution in [3.63, 3.8) is 0 Å². The lowest BCUT2D eigenvalue weighted by Crippen LogP contribution is -2.00. The van der Waals surface area contributed by atoms with Gasteiger partial charge in [-0.15, -0.1) is 0 Å². The van der Waals surface area contributed by atoms with E-state index in [9.17, 15) is 4.79 Å². The van der Waals surface area contributed by atoms with Crippen molar-refractivity contribution < 1.29 is 9.53 Å². The van der Waals surface area contributed by atoms with Crippen LogP contribution in [0.5, 0.6) is 0 Å². The summed E-state index contributed by atoms with van der Waals surface area (Å²) in [6.45, 7) is 0. The van der Waals surface area contributed by atoms with Gasteiger partial charge in [0.2, 0.25) is 5.78 Å². The molecule has 0 aliphatic rings. The Morgan fingerprint density at radius 3 is 3.07 bits per heavy atom. The molecule has 2 heterocycles. The number of hydrogen-bond acceptors (Lipinski definition) is 4. The summed E-state index contributed by atoms with van der Waals surface area (Å²) in [6, 6.07) is 0. The summed E-state index contributed by atoms with van der Waals surface area (Å²) in [6.07, 6.45) is 4.95. The number of hydrogen-bond donors (Lipinski definition) is 0. The Labute approximate surface area is 87.9 Å². The van der Waals surface area contributed by atoms with Crippen molar-refractivity contribution in [2.45, 2.75) is 0 Å². The second-order valence-corrected chi connectivity index (χ2v) is 3.51. The van der Waals surface area contributed by atoms with Gasteiger partial charge in [0.25, 0.3) is 0 Å². The average Bonchev–Trinajstić information content (AvgIpc) is 2.59. The molecule has 72 valence electrons. The summed E-state index contributed by atoms with van der Waals surface area (Å²) < 4.78 is 7.01. The first-order chi connectivity index (χ1) is 6.70. The lowest BCUT2D eigenvalue weighted by molar-refractivity contribution is 0.0595. The maximum Gasteiger partial charge on any atom is 0.358 e. The molecule has 0 radical (unpaired) electrons. The Morgan fingerprint density at radius 1 is 1.57 bits per heavy atom. The third kappa shape index (κ3) is 1.48. The summed E-state index contributed by atoms with van der Waals surface area (Å²) in [5, 5.41) is 0. The van der Waals surface area contributed by atoms with E-state index >= 15 is 0 Å². The zero-order chi connectivity index (χ0) is 10.1. The summed E-state index contributed by atoms with van der Waals surface area (Å²) in [4.78, 5) is 19.1. The van der Waals surface area contributed by atoms with E-state index in [0.717, 1.165) is 4.47 Å². The minimum absolute atomic E-state index is 0.248. The molecule has 0 aromatic carbocycles. The standard InChI is InChI=1S/C8H6BrN3O2/c1-14-7(13)6-4-12-3-5(9)2-10-8(12)11-6/h2-4H,1H3. The van der Waals surface area contributed by atoms with Gasteiger partial charge in [0.05, 0.1) is 11.6 Å². The van der Waals surface area contributed by atoms with Gasteiger partial charge in [0.1, 0.15) is 0 Å². The van der Waals surface area contributed by atoms with Gasteiger partial charge in [-0.1, -0.05) is 0 Å². The number of fused-ring (bicyclic) bond motifs is 1. The van der Waals surface area contributed by atoms with Crippen molar-refractivity contribution in [3.8, 4) is 0 Å². The molecule has 0 aliphatic carbocycles. The minimum atomic E-state index is -0.466. The van der Waals surface area contributed by atoms with E-state index in [4.69, 9.17) is 0 Å². The largest absolute Gasteiger partial charge is 0.464 e. The molecule has 0 saturated heterocycles. The summed E-state index contributed by atoms with van der Waals surface area (Å²) in [5.41, 5.74) is 0.248. The lowest BCUT2D eigenvalue weighted by Gasteiger charge is -1.90.